The van der Waals surface area contributed by atoms with Crippen molar-refractivity contribution < 1.29 is 9.90 Å². The van der Waals surface area contributed by atoms with Gasteiger partial charge in [0.2, 0.25) is 0 Å². The Balaban J connectivity index is 4.61. The molecule has 2 heteroatoms. The van der Waals surface area contributed by atoms with Gasteiger partial charge in [0, 0.05) is 0 Å². The molecule has 2 nitrogen and oxygen atoms in total. The fourth-order valence-electron chi connectivity index (χ4n) is 1.74. The Kier molecular flexibility index (Phi) is 4.45. The number of carboxylic acids is 1. The highest BCUT2D eigenvalue weighted by atomic mass is 16.4. The Morgan fingerprint density at radius 3 is 2.08 bits per heavy atom. The maximum atomic E-state index is 10.7. The van der Waals surface area contributed by atoms with Gasteiger partial charge in [-0.1, -0.05) is 41.0 Å². The third-order valence-electron chi connectivity index (χ3n) is 3.59. The van der Waals surface area contributed by atoms with E-state index in [1.54, 1.807) is 0 Å². The molecule has 0 saturated carbocycles. The second-order valence-corrected chi connectivity index (χ2v) is 4.54. The van der Waals surface area contributed by atoms with Crippen LogP contribution in [0, 0.1) is 17.3 Å². The van der Waals surface area contributed by atoms with Crippen LogP contribution in [-0.4, -0.2) is 11.1 Å². The lowest BCUT2D eigenvalue weighted by atomic mass is 9.67. The van der Waals surface area contributed by atoms with Crippen LogP contribution in [0.25, 0.3) is 0 Å². The van der Waals surface area contributed by atoms with Crippen molar-refractivity contribution in [1.82, 2.24) is 0 Å². The summed E-state index contributed by atoms with van der Waals surface area (Å²) in [6.07, 6.45) is 1.32. The predicted molar refractivity (Wildman–Crippen MR) is 54.7 cm³/mol. The van der Waals surface area contributed by atoms with Crippen LogP contribution in [0.15, 0.2) is 0 Å². The molecule has 0 aliphatic carbocycles. The average Bonchev–Trinajstić information content (AvgIpc) is 2.01. The first-order chi connectivity index (χ1) is 5.84. The maximum Gasteiger partial charge on any atom is 0.303 e. The smallest absolute Gasteiger partial charge is 0.303 e. The minimum atomic E-state index is -0.684. The van der Waals surface area contributed by atoms with Crippen LogP contribution in [0.5, 0.6) is 0 Å². The van der Waals surface area contributed by atoms with Gasteiger partial charge >= 0.3 is 5.97 Å². The molecule has 2 atom stereocenters. The van der Waals surface area contributed by atoms with Crippen LogP contribution in [0.4, 0.5) is 0 Å². The van der Waals surface area contributed by atoms with Gasteiger partial charge in [0.1, 0.15) is 0 Å². The Bertz CT molecular complexity index is 175. The highest BCUT2D eigenvalue weighted by molar-refractivity contribution is 5.67. The Labute approximate surface area is 81.3 Å². The first-order valence-corrected chi connectivity index (χ1v) is 5.06. The lowest BCUT2D eigenvalue weighted by molar-refractivity contribution is -0.141. The Hall–Kier alpha value is -0.530. The number of carboxylic acid groups (broad SMARTS) is 1. The van der Waals surface area contributed by atoms with Crippen molar-refractivity contribution in [2.24, 2.45) is 17.3 Å². The summed E-state index contributed by atoms with van der Waals surface area (Å²) in [5, 5.41) is 8.84. The Morgan fingerprint density at radius 2 is 1.85 bits per heavy atom. The molecule has 13 heavy (non-hydrogen) atoms. The summed E-state index contributed by atoms with van der Waals surface area (Å²) in [5.41, 5.74) is -0.0689. The zero-order valence-corrected chi connectivity index (χ0v) is 9.42. The minimum Gasteiger partial charge on any atom is -0.481 e. The van der Waals surface area contributed by atoms with E-state index in [1.165, 1.54) is 0 Å². The normalized spacial score (nSPS) is 18.3. The highest BCUT2D eigenvalue weighted by Crippen LogP contribution is 2.40. The SMILES string of the molecule is CCC(C)C(C)(CC(=O)O)C(C)C. The van der Waals surface area contributed by atoms with E-state index >= 15 is 0 Å². The number of hydrogen-bond donors (Lipinski definition) is 1. The molecule has 0 saturated heterocycles. The topological polar surface area (TPSA) is 37.3 Å². The van der Waals surface area contributed by atoms with Gasteiger partial charge in [-0.15, -0.1) is 0 Å². The summed E-state index contributed by atoms with van der Waals surface area (Å²) in [5.74, 6) is 0.193. The van der Waals surface area contributed by atoms with Crippen molar-refractivity contribution in [2.75, 3.05) is 0 Å². The predicted octanol–water partition coefficient (Wildman–Crippen LogP) is 3.17. The molecule has 0 aliphatic rings. The lowest BCUT2D eigenvalue weighted by Gasteiger charge is -2.38. The van der Waals surface area contributed by atoms with Crippen LogP contribution >= 0.6 is 0 Å². The molecule has 78 valence electrons. The molecule has 0 amide bonds. The second-order valence-electron chi connectivity index (χ2n) is 4.54. The summed E-state index contributed by atoms with van der Waals surface area (Å²) in [6, 6.07) is 0. The molecule has 0 rings (SSSR count). The van der Waals surface area contributed by atoms with Gasteiger partial charge < -0.3 is 5.11 Å². The molecule has 0 spiro atoms. The van der Waals surface area contributed by atoms with Gasteiger partial charge in [-0.25, -0.2) is 0 Å². The summed E-state index contributed by atoms with van der Waals surface area (Å²) < 4.78 is 0. The molecule has 2 unspecified atom stereocenters. The van der Waals surface area contributed by atoms with Gasteiger partial charge in [-0.2, -0.15) is 0 Å². The van der Waals surface area contributed by atoms with Gasteiger partial charge in [-0.3, -0.25) is 4.79 Å². The van der Waals surface area contributed by atoms with E-state index in [-0.39, 0.29) is 11.8 Å². The van der Waals surface area contributed by atoms with E-state index in [1.807, 2.05) is 0 Å². The zero-order valence-electron chi connectivity index (χ0n) is 9.42. The third-order valence-corrected chi connectivity index (χ3v) is 3.59. The fraction of sp³-hybridized carbons (Fsp3) is 0.909. The number of carbonyl (C=O) groups is 1. The molecule has 0 bridgehead atoms. The monoisotopic (exact) mass is 186 g/mol. The van der Waals surface area contributed by atoms with E-state index in [0.29, 0.717) is 11.8 Å². The van der Waals surface area contributed by atoms with Crippen LogP contribution in [0.3, 0.4) is 0 Å². The van der Waals surface area contributed by atoms with Crippen molar-refractivity contribution in [3.63, 3.8) is 0 Å². The molecule has 0 heterocycles. The first-order valence-electron chi connectivity index (χ1n) is 5.06. The third kappa shape index (κ3) is 3.02. The molecule has 0 aliphatic heterocycles. The summed E-state index contributed by atoms with van der Waals surface area (Å²) in [6.45, 7) is 10.6. The molecule has 1 N–H and O–H groups in total. The largest absolute Gasteiger partial charge is 0.481 e. The van der Waals surface area contributed by atoms with Crippen LogP contribution in [0.1, 0.15) is 47.5 Å². The van der Waals surface area contributed by atoms with Crippen molar-refractivity contribution in [3.8, 4) is 0 Å². The molecule has 0 aromatic rings. The van der Waals surface area contributed by atoms with Gasteiger partial charge in [0.05, 0.1) is 6.42 Å². The molecular weight excluding hydrogens is 164 g/mol. The number of rotatable bonds is 5. The standard InChI is InChI=1S/C11H22O2/c1-6-9(4)11(5,8(2)3)7-10(12)13/h8-9H,6-7H2,1-5H3,(H,12,13). The zero-order chi connectivity index (χ0) is 10.6. The maximum absolute atomic E-state index is 10.7. The van der Waals surface area contributed by atoms with Crippen molar-refractivity contribution >= 4 is 5.97 Å². The van der Waals surface area contributed by atoms with E-state index < -0.39 is 5.97 Å². The summed E-state index contributed by atoms with van der Waals surface area (Å²) in [4.78, 5) is 10.7. The van der Waals surface area contributed by atoms with Crippen molar-refractivity contribution in [1.29, 1.82) is 0 Å². The Morgan fingerprint density at radius 1 is 1.38 bits per heavy atom. The molecule has 0 fully saturated rings. The van der Waals surface area contributed by atoms with Crippen LogP contribution in [0.2, 0.25) is 0 Å². The highest BCUT2D eigenvalue weighted by Gasteiger charge is 2.35. The van der Waals surface area contributed by atoms with Crippen LogP contribution in [-0.2, 0) is 4.79 Å². The number of aliphatic carboxylic acids is 1. The van der Waals surface area contributed by atoms with Gasteiger partial charge in [0.15, 0.2) is 0 Å². The molecule has 0 aromatic carbocycles. The fourth-order valence-corrected chi connectivity index (χ4v) is 1.74. The van der Waals surface area contributed by atoms with Crippen molar-refractivity contribution in [3.05, 3.63) is 0 Å². The summed E-state index contributed by atoms with van der Waals surface area (Å²) >= 11 is 0. The van der Waals surface area contributed by atoms with Crippen molar-refractivity contribution in [2.45, 2.75) is 47.5 Å². The molecular formula is C11H22O2. The average molecular weight is 186 g/mol. The lowest BCUT2D eigenvalue weighted by Crippen LogP contribution is -2.33. The van der Waals surface area contributed by atoms with E-state index in [2.05, 4.69) is 34.6 Å². The van der Waals surface area contributed by atoms with Gasteiger partial charge in [0.25, 0.3) is 0 Å². The van der Waals surface area contributed by atoms with E-state index in [0.717, 1.165) is 6.42 Å². The summed E-state index contributed by atoms with van der Waals surface area (Å²) in [7, 11) is 0. The quantitative estimate of drug-likeness (QED) is 0.716. The van der Waals surface area contributed by atoms with Gasteiger partial charge in [-0.05, 0) is 17.3 Å². The minimum absolute atomic E-state index is 0.0689. The van der Waals surface area contributed by atoms with E-state index in [4.69, 9.17) is 5.11 Å². The molecule has 0 aromatic heterocycles. The second kappa shape index (κ2) is 4.64. The number of hydrogen-bond acceptors (Lipinski definition) is 1. The van der Waals surface area contributed by atoms with Crippen LogP contribution < -0.4 is 0 Å². The van der Waals surface area contributed by atoms with E-state index in [9.17, 15) is 4.79 Å². The first kappa shape index (κ1) is 12.5. The molecule has 0 radical (unpaired) electrons.